The van der Waals surface area contributed by atoms with Gasteiger partial charge in [0.2, 0.25) is 0 Å². The maximum atomic E-state index is 6.67. The highest BCUT2D eigenvalue weighted by atomic mass is 16.3. The molecule has 4 nitrogen and oxygen atoms in total. The lowest BCUT2D eigenvalue weighted by Gasteiger charge is -2.10. The van der Waals surface area contributed by atoms with Crippen molar-refractivity contribution < 1.29 is 4.42 Å². The molecular weight excluding hydrogens is 659 g/mol. The first-order valence-electron chi connectivity index (χ1n) is 18.2. The van der Waals surface area contributed by atoms with Gasteiger partial charge in [0.15, 0.2) is 17.5 Å². The first-order chi connectivity index (χ1) is 26.7. The van der Waals surface area contributed by atoms with E-state index in [1.54, 1.807) is 0 Å². The molecule has 10 rings (SSSR count). The molecule has 2 heterocycles. The summed E-state index contributed by atoms with van der Waals surface area (Å²) in [4.78, 5) is 14.8. The quantitative estimate of drug-likeness (QED) is 0.174. The fraction of sp³-hybridized carbons (Fsp3) is 0.0200. The minimum absolute atomic E-state index is 0.638. The Labute approximate surface area is 313 Å². The van der Waals surface area contributed by atoms with Gasteiger partial charge in [-0.05, 0) is 57.0 Å². The van der Waals surface area contributed by atoms with Crippen molar-refractivity contribution in [3.05, 3.63) is 199 Å². The highest BCUT2D eigenvalue weighted by Crippen LogP contribution is 2.41. The van der Waals surface area contributed by atoms with Crippen LogP contribution >= 0.6 is 0 Å². The van der Waals surface area contributed by atoms with E-state index in [4.69, 9.17) is 19.4 Å². The molecule has 0 saturated heterocycles. The molecule has 254 valence electrons. The van der Waals surface area contributed by atoms with Gasteiger partial charge in [0, 0.05) is 39.4 Å². The standard InChI is InChI=1S/C50H33N3O/c1-4-14-34(15-5-1)44-32-45-42-28-26-33(27-29-46(42)54-47(45)43-25-11-10-24-41(43)44)37-20-12-21-38(30-37)39-22-13-23-40(31-39)50-52-48(35-16-6-2-7-17-35)51-49(53-50)36-18-8-3-9-19-36/h1-28,30-32H,29H2. The smallest absolute Gasteiger partial charge is 0.164 e. The van der Waals surface area contributed by atoms with Crippen LogP contribution in [0.1, 0.15) is 16.9 Å². The summed E-state index contributed by atoms with van der Waals surface area (Å²) in [6.45, 7) is 0. The Morgan fingerprint density at radius 3 is 1.54 bits per heavy atom. The summed E-state index contributed by atoms with van der Waals surface area (Å²) in [5, 5.41) is 3.48. The van der Waals surface area contributed by atoms with E-state index in [0.29, 0.717) is 23.9 Å². The first-order valence-corrected chi connectivity index (χ1v) is 18.2. The maximum Gasteiger partial charge on any atom is 0.164 e. The number of nitrogens with zero attached hydrogens (tertiary/aromatic N) is 3. The summed E-state index contributed by atoms with van der Waals surface area (Å²) < 4.78 is 6.67. The number of allylic oxidation sites excluding steroid dienone is 3. The Kier molecular flexibility index (Phi) is 7.85. The number of rotatable bonds is 6. The first kappa shape index (κ1) is 31.6. The molecule has 54 heavy (non-hydrogen) atoms. The summed E-state index contributed by atoms with van der Waals surface area (Å²) in [5.74, 6) is 2.92. The maximum absolute atomic E-state index is 6.67. The Bertz CT molecular complexity index is 2830. The number of aromatic nitrogens is 3. The van der Waals surface area contributed by atoms with Crippen LogP contribution in [0.3, 0.4) is 0 Å². The van der Waals surface area contributed by atoms with E-state index < -0.39 is 0 Å². The van der Waals surface area contributed by atoms with Crippen molar-refractivity contribution in [2.24, 2.45) is 0 Å². The lowest BCUT2D eigenvalue weighted by Crippen LogP contribution is -2.00. The number of hydrogen-bond donors (Lipinski definition) is 0. The molecule has 0 radical (unpaired) electrons. The van der Waals surface area contributed by atoms with Gasteiger partial charge in [0.25, 0.3) is 0 Å². The number of benzene rings is 7. The van der Waals surface area contributed by atoms with Crippen molar-refractivity contribution in [2.75, 3.05) is 0 Å². The Morgan fingerprint density at radius 2 is 0.889 bits per heavy atom. The molecule has 0 spiro atoms. The van der Waals surface area contributed by atoms with Crippen LogP contribution in [0, 0.1) is 0 Å². The van der Waals surface area contributed by atoms with Crippen molar-refractivity contribution in [3.63, 3.8) is 0 Å². The van der Waals surface area contributed by atoms with E-state index in [1.807, 2.05) is 60.7 Å². The SMILES string of the molecule is C1=Cc2c(oc3c2cc(-c2ccccc2)c2ccccc23)CC=C1c1cccc(-c2cccc(-c3nc(-c4ccccc4)nc(-c4ccccc4)n3)c2)c1. The van der Waals surface area contributed by atoms with Gasteiger partial charge >= 0.3 is 0 Å². The van der Waals surface area contributed by atoms with Crippen LogP contribution in [0.5, 0.6) is 0 Å². The molecule has 0 unspecified atom stereocenters. The number of hydrogen-bond acceptors (Lipinski definition) is 4. The highest BCUT2D eigenvalue weighted by molar-refractivity contribution is 6.14. The summed E-state index contributed by atoms with van der Waals surface area (Å²) in [6, 6.07) is 58.8. The van der Waals surface area contributed by atoms with Gasteiger partial charge < -0.3 is 4.42 Å². The third-order valence-electron chi connectivity index (χ3n) is 10.2. The van der Waals surface area contributed by atoms with Gasteiger partial charge in [-0.2, -0.15) is 0 Å². The second-order valence-electron chi connectivity index (χ2n) is 13.5. The zero-order chi connectivity index (χ0) is 35.8. The molecule has 0 bridgehead atoms. The zero-order valence-electron chi connectivity index (χ0n) is 29.4. The minimum atomic E-state index is 0.638. The van der Waals surface area contributed by atoms with Crippen molar-refractivity contribution >= 4 is 33.4 Å². The molecule has 0 aliphatic heterocycles. The largest absolute Gasteiger partial charge is 0.459 e. The van der Waals surface area contributed by atoms with Gasteiger partial charge in [-0.25, -0.2) is 15.0 Å². The van der Waals surface area contributed by atoms with E-state index in [1.165, 1.54) is 16.5 Å². The molecular formula is C50H33N3O. The molecule has 0 saturated carbocycles. The predicted molar refractivity (Wildman–Crippen MR) is 221 cm³/mol. The molecule has 0 fully saturated rings. The Balaban J connectivity index is 1.00. The fourth-order valence-electron chi connectivity index (χ4n) is 7.49. The van der Waals surface area contributed by atoms with Gasteiger partial charge in [0.1, 0.15) is 11.3 Å². The summed E-state index contributed by atoms with van der Waals surface area (Å²) >= 11 is 0. The second kappa shape index (κ2) is 13.4. The molecule has 4 heteroatoms. The molecule has 1 aliphatic carbocycles. The molecule has 9 aromatic rings. The predicted octanol–water partition coefficient (Wildman–Crippen LogP) is 12.8. The molecule has 0 atom stereocenters. The van der Waals surface area contributed by atoms with Crippen LogP contribution in [-0.4, -0.2) is 15.0 Å². The lowest BCUT2D eigenvalue weighted by atomic mass is 9.95. The van der Waals surface area contributed by atoms with Crippen molar-refractivity contribution in [3.8, 4) is 56.4 Å². The molecule has 0 N–H and O–H groups in total. The zero-order valence-corrected chi connectivity index (χ0v) is 29.4. The van der Waals surface area contributed by atoms with Crippen molar-refractivity contribution in [1.82, 2.24) is 15.0 Å². The van der Waals surface area contributed by atoms with Gasteiger partial charge in [0.05, 0.1) is 0 Å². The molecule has 1 aliphatic rings. The molecule has 2 aromatic heterocycles. The van der Waals surface area contributed by atoms with Gasteiger partial charge in [-0.15, -0.1) is 0 Å². The van der Waals surface area contributed by atoms with E-state index in [0.717, 1.165) is 66.6 Å². The van der Waals surface area contributed by atoms with Crippen LogP contribution < -0.4 is 0 Å². The van der Waals surface area contributed by atoms with Gasteiger partial charge in [-0.1, -0.05) is 170 Å². The fourth-order valence-corrected chi connectivity index (χ4v) is 7.49. The minimum Gasteiger partial charge on any atom is -0.459 e. The molecule has 7 aromatic carbocycles. The summed E-state index contributed by atoms with van der Waals surface area (Å²) in [7, 11) is 0. The third kappa shape index (κ3) is 5.80. The van der Waals surface area contributed by atoms with Gasteiger partial charge in [-0.3, -0.25) is 0 Å². The normalized spacial score (nSPS) is 12.4. The van der Waals surface area contributed by atoms with Crippen LogP contribution in [0.25, 0.3) is 89.8 Å². The van der Waals surface area contributed by atoms with Crippen LogP contribution in [-0.2, 0) is 6.42 Å². The van der Waals surface area contributed by atoms with E-state index in [2.05, 4.69) is 127 Å². The van der Waals surface area contributed by atoms with Crippen LogP contribution in [0.15, 0.2) is 186 Å². The topological polar surface area (TPSA) is 51.8 Å². The average molecular weight is 692 g/mol. The molecule has 0 amide bonds. The monoisotopic (exact) mass is 691 g/mol. The summed E-state index contributed by atoms with van der Waals surface area (Å²) in [6.07, 6.45) is 7.44. The van der Waals surface area contributed by atoms with Crippen molar-refractivity contribution in [1.29, 1.82) is 0 Å². The third-order valence-corrected chi connectivity index (χ3v) is 10.2. The van der Waals surface area contributed by atoms with E-state index in [-0.39, 0.29) is 0 Å². The number of fused-ring (bicyclic) bond motifs is 5. The van der Waals surface area contributed by atoms with Crippen molar-refractivity contribution in [2.45, 2.75) is 6.42 Å². The highest BCUT2D eigenvalue weighted by Gasteiger charge is 2.19. The average Bonchev–Trinajstić information content (AvgIpc) is 3.47. The van der Waals surface area contributed by atoms with Crippen LogP contribution in [0.4, 0.5) is 0 Å². The van der Waals surface area contributed by atoms with E-state index in [9.17, 15) is 0 Å². The Hall–Kier alpha value is -7.17. The Morgan fingerprint density at radius 1 is 0.389 bits per heavy atom. The lowest BCUT2D eigenvalue weighted by molar-refractivity contribution is 0.567. The van der Waals surface area contributed by atoms with E-state index >= 15 is 0 Å². The summed E-state index contributed by atoms with van der Waals surface area (Å²) in [5.41, 5.74) is 11.9. The number of furan rings is 1. The van der Waals surface area contributed by atoms with Crippen LogP contribution in [0.2, 0.25) is 0 Å². The second-order valence-corrected chi connectivity index (χ2v) is 13.5.